The van der Waals surface area contributed by atoms with Gasteiger partial charge in [-0.1, -0.05) is 75.2 Å². The number of amides is 8. The van der Waals surface area contributed by atoms with Crippen LogP contribution in [0.25, 0.3) is 32.8 Å². The second-order valence-electron chi connectivity index (χ2n) is 23.2. The van der Waals surface area contributed by atoms with Crippen molar-refractivity contribution in [1.82, 2.24) is 45.6 Å². The number of urea groups is 1. The molecule has 2 saturated heterocycles. The first-order chi connectivity index (χ1) is 43.5. The fraction of sp³-hybridized carbons (Fsp3) is 0.338. The molecule has 0 aliphatic carbocycles. The van der Waals surface area contributed by atoms with Gasteiger partial charge in [-0.3, -0.25) is 52.7 Å². The number of H-pyrrole nitrogens is 1. The fourth-order valence-electron chi connectivity index (χ4n) is 11.5. The van der Waals surface area contributed by atoms with Gasteiger partial charge in [0.1, 0.15) is 30.4 Å². The number of carbonyl (C=O) groups excluding carboxylic acids is 8. The summed E-state index contributed by atoms with van der Waals surface area (Å²) in [4.78, 5) is 161. The number of benzene rings is 4. The monoisotopic (exact) mass is 1260 g/mol. The molecule has 0 radical (unpaired) electrons. The molecule has 7 aromatic rings. The van der Waals surface area contributed by atoms with Crippen molar-refractivity contribution in [2.45, 2.75) is 121 Å². The van der Waals surface area contributed by atoms with Crippen LogP contribution in [0.4, 0.5) is 10.5 Å². The van der Waals surface area contributed by atoms with E-state index >= 15 is 0 Å². The van der Waals surface area contributed by atoms with Crippen LogP contribution in [0.1, 0.15) is 125 Å². The summed E-state index contributed by atoms with van der Waals surface area (Å²) in [6, 6.07) is 23.9. The van der Waals surface area contributed by atoms with Crippen LogP contribution in [0, 0.1) is 0 Å². The number of carboxylic acids is 1. The number of fused-ring (bicyclic) bond motifs is 3. The van der Waals surface area contributed by atoms with Crippen molar-refractivity contribution in [2.75, 3.05) is 25.0 Å². The number of primary amides is 1. The van der Waals surface area contributed by atoms with Crippen LogP contribution in [0.5, 0.6) is 0 Å². The highest BCUT2D eigenvalue weighted by atomic mass is 31.2. The maximum absolute atomic E-state index is 15.0. The summed E-state index contributed by atoms with van der Waals surface area (Å²) in [5.41, 5.74) is 8.73. The summed E-state index contributed by atoms with van der Waals surface area (Å²) in [7, 11) is -5.13. The van der Waals surface area contributed by atoms with Crippen molar-refractivity contribution in [3.8, 4) is 11.1 Å². The number of pyridine rings is 2. The summed E-state index contributed by atoms with van der Waals surface area (Å²) in [6.07, 6.45) is 9.15. The first kappa shape index (κ1) is 65.6. The third kappa shape index (κ3) is 16.7. The van der Waals surface area contributed by atoms with E-state index in [-0.39, 0.29) is 67.6 Å². The third-order valence-electron chi connectivity index (χ3n) is 16.4. The van der Waals surface area contributed by atoms with Crippen LogP contribution in [-0.4, -0.2) is 136 Å². The second-order valence-corrected chi connectivity index (χ2v) is 24.7. The predicted octanol–water partition coefficient (Wildman–Crippen LogP) is 6.07. The maximum Gasteiger partial charge on any atom is 0.396 e. The number of rotatable bonds is 25. The lowest BCUT2D eigenvalue weighted by molar-refractivity contribution is -0.143. The molecule has 5 heterocycles. The minimum Gasteiger partial charge on any atom is -0.480 e. The Morgan fingerprint density at radius 3 is 2.31 bits per heavy atom. The molecule has 2 aliphatic rings. The molecule has 0 unspecified atom stereocenters. The lowest BCUT2D eigenvalue weighted by Gasteiger charge is -2.38. The summed E-state index contributed by atoms with van der Waals surface area (Å²) in [5, 5.41) is 25.3. The van der Waals surface area contributed by atoms with E-state index in [1.807, 2.05) is 36.4 Å². The number of aromatic nitrogens is 3. The van der Waals surface area contributed by atoms with Gasteiger partial charge in [-0.05, 0) is 127 Å². The Morgan fingerprint density at radius 1 is 0.791 bits per heavy atom. The molecule has 26 heteroatoms. The highest BCUT2D eigenvalue weighted by Crippen LogP contribution is 2.40. The first-order valence-corrected chi connectivity index (χ1v) is 31.7. The Bertz CT molecular complexity index is 4050. The van der Waals surface area contributed by atoms with Crippen LogP contribution in [-0.2, 0) is 48.0 Å². The zero-order chi connectivity index (χ0) is 65.1. The molecule has 8 amide bonds. The molecular formula is C65H72N11O14P. The molecule has 476 valence electrons. The largest absolute Gasteiger partial charge is 0.480 e. The molecule has 9 rings (SSSR count). The van der Waals surface area contributed by atoms with Gasteiger partial charge >= 0.3 is 19.6 Å². The Morgan fingerprint density at radius 2 is 1.56 bits per heavy atom. The van der Waals surface area contributed by atoms with E-state index < -0.39 is 96.8 Å². The second kappa shape index (κ2) is 29.2. The van der Waals surface area contributed by atoms with Crippen LogP contribution in [0.15, 0.2) is 127 Å². The number of anilines is 1. The van der Waals surface area contributed by atoms with E-state index in [0.29, 0.717) is 36.4 Å². The number of hydrogen-bond donors (Lipinski definition) is 10. The van der Waals surface area contributed by atoms with Crippen LogP contribution < -0.4 is 37.9 Å². The van der Waals surface area contributed by atoms with Crippen molar-refractivity contribution in [2.24, 2.45) is 5.73 Å². The number of nitrogens with one attached hydrogen (secondary N) is 6. The molecule has 3 aromatic heterocycles. The van der Waals surface area contributed by atoms with Gasteiger partial charge < -0.3 is 66.6 Å². The molecule has 0 bridgehead atoms. The molecule has 91 heavy (non-hydrogen) atoms. The number of aliphatic carboxylic acids is 1. The van der Waals surface area contributed by atoms with Gasteiger partial charge in [0.05, 0.1) is 12.2 Å². The molecule has 25 nitrogen and oxygen atoms in total. The number of nitrogens with zero attached hydrogens (tertiary/aromatic N) is 4. The minimum absolute atomic E-state index is 0.0770. The number of aryl methyl sites for hydroxylation is 1. The van der Waals surface area contributed by atoms with E-state index in [0.717, 1.165) is 68.8 Å². The van der Waals surface area contributed by atoms with Crippen molar-refractivity contribution < 1.29 is 62.6 Å². The smallest absolute Gasteiger partial charge is 0.396 e. The third-order valence-corrected chi connectivity index (χ3v) is 17.1. The molecule has 0 spiro atoms. The molecule has 4 aromatic carbocycles. The molecule has 11 N–H and O–H groups in total. The molecular weight excluding hydrogens is 1190 g/mol. The highest BCUT2D eigenvalue weighted by molar-refractivity contribution is 7.70. The van der Waals surface area contributed by atoms with E-state index in [9.17, 15) is 62.3 Å². The van der Waals surface area contributed by atoms with Crippen molar-refractivity contribution >= 4 is 87.9 Å². The zero-order valence-corrected chi connectivity index (χ0v) is 51.1. The van der Waals surface area contributed by atoms with Gasteiger partial charge in [0.2, 0.25) is 23.6 Å². The predicted molar refractivity (Wildman–Crippen MR) is 338 cm³/mol. The minimum atomic E-state index is -5.13. The maximum atomic E-state index is 15.0. The lowest BCUT2D eigenvalue weighted by atomic mass is 9.97. The van der Waals surface area contributed by atoms with Crippen molar-refractivity contribution in [3.63, 3.8) is 0 Å². The van der Waals surface area contributed by atoms with Crippen molar-refractivity contribution in [1.29, 1.82) is 0 Å². The normalized spacial score (nSPS) is 16.1. The van der Waals surface area contributed by atoms with Gasteiger partial charge in [0.15, 0.2) is 0 Å². The average Bonchev–Trinajstić information content (AvgIpc) is 1.79. The number of unbranched alkanes of at least 4 members (excludes halogenated alkanes) is 3. The number of nitrogens with two attached hydrogens (primary N) is 1. The Kier molecular flexibility index (Phi) is 21.0. The number of hydrogen-bond acceptors (Lipinski definition) is 12. The standard InChI is InChI=1S/C65H72N11O14P/c1-38(2)41-14-11-40(12-15-41)32-69-60(82)52(21-23-56(66)77)72-62(84)55-22-18-48-25-27-74(36-54(63(85)76(48)55)73-61(83)53-31-45-30-44(16-20-51(45)71-53)64(86)91(88,89)90)65(87)68-26-6-4-3-5-8-39-13-19-49-46(28-39)33-67-34-50(49)42-9-7-10-43(29-42)59(81)70-47-17-24-57(78)75(35-47)37-58(79)80/h7,9-17,19-20,24,28-31,33-35,38,48,52,54-55,71H,3-6,8,18,21-23,25-27,32,36-37H2,1-2H3,(H2,66,77)(H,68,87)(H,69,82)(H,70,81)(H,72,84)(H,73,83)(H,79,80)(H2,88,89,90)/t48-,52+,54+,55+/m1/s1. The number of carboxylic acid groups (broad SMARTS) is 1. The number of carbonyl (C=O) groups is 9. The SMILES string of the molecule is CC(C)c1ccc(CNC(=O)[C@H](CCC(N)=O)NC(=O)[C@@H]2CC[C@@H]3CCN(C(=O)NCCCCCCc4ccc5c(-c6cccc(C(=O)Nc7ccc(=O)n(CC(=O)O)c7)c6)cncc5c4)C[C@H](NC(=O)c4cc5cc(C(=O)P(=O)(O)O)ccc5[nH]4)C(=O)N32)cc1. The Hall–Kier alpha value is -9.84. The van der Waals surface area contributed by atoms with Gasteiger partial charge in [-0.2, -0.15) is 0 Å². The molecule has 2 aliphatic heterocycles. The van der Waals surface area contributed by atoms with Crippen LogP contribution in [0.2, 0.25) is 0 Å². The van der Waals surface area contributed by atoms with Crippen molar-refractivity contribution in [3.05, 3.63) is 166 Å². The lowest BCUT2D eigenvalue weighted by Crippen LogP contribution is -2.62. The quantitative estimate of drug-likeness (QED) is 0.0229. The molecule has 0 saturated carbocycles. The fourth-order valence-corrected chi connectivity index (χ4v) is 12.0. The Balaban J connectivity index is 0.819. The number of aromatic amines is 1. The van der Waals surface area contributed by atoms with Crippen LogP contribution >= 0.6 is 7.60 Å². The highest BCUT2D eigenvalue weighted by Gasteiger charge is 2.46. The summed E-state index contributed by atoms with van der Waals surface area (Å²) in [6.45, 7) is 3.86. The topological polar surface area (TPSA) is 375 Å². The van der Waals surface area contributed by atoms with Gasteiger partial charge in [-0.15, -0.1) is 0 Å². The molecule has 2 fully saturated rings. The zero-order valence-electron chi connectivity index (χ0n) is 50.2. The summed E-state index contributed by atoms with van der Waals surface area (Å²) >= 11 is 0. The Labute approximate surface area is 522 Å². The first-order valence-electron chi connectivity index (χ1n) is 30.0. The van der Waals surface area contributed by atoms with Gasteiger partial charge in [-0.25, -0.2) is 4.79 Å². The average molecular weight is 1260 g/mol. The van der Waals surface area contributed by atoms with Crippen LogP contribution in [0.3, 0.4) is 0 Å². The van der Waals surface area contributed by atoms with E-state index in [1.165, 1.54) is 52.4 Å². The van der Waals surface area contributed by atoms with Gasteiger partial charge in [0.25, 0.3) is 22.9 Å². The van der Waals surface area contributed by atoms with E-state index in [4.69, 9.17) is 10.8 Å². The summed E-state index contributed by atoms with van der Waals surface area (Å²) < 4.78 is 12.7. The van der Waals surface area contributed by atoms with Gasteiger partial charge in [0, 0.05) is 89.7 Å². The summed E-state index contributed by atoms with van der Waals surface area (Å²) in [5.74, 6) is -4.71. The molecule has 4 atom stereocenters. The van der Waals surface area contributed by atoms with E-state index in [1.54, 1.807) is 30.6 Å². The van der Waals surface area contributed by atoms with E-state index in [2.05, 4.69) is 62.5 Å².